The van der Waals surface area contributed by atoms with E-state index in [0.29, 0.717) is 22.0 Å². The van der Waals surface area contributed by atoms with Crippen molar-refractivity contribution >= 4 is 21.6 Å². The van der Waals surface area contributed by atoms with E-state index in [2.05, 4.69) is 4.72 Å². The van der Waals surface area contributed by atoms with Crippen molar-refractivity contribution in [3.63, 3.8) is 0 Å². The minimum absolute atomic E-state index is 0.121. The van der Waals surface area contributed by atoms with Crippen molar-refractivity contribution in [2.24, 2.45) is 0 Å². The molecule has 0 atom stereocenters. The van der Waals surface area contributed by atoms with Crippen molar-refractivity contribution in [2.75, 3.05) is 13.7 Å². The summed E-state index contributed by atoms with van der Waals surface area (Å²) in [6.07, 6.45) is 0. The molecule has 1 heterocycles. The number of aromatic nitrogens is 1. The van der Waals surface area contributed by atoms with Gasteiger partial charge in [-0.1, -0.05) is 23.7 Å². The summed E-state index contributed by atoms with van der Waals surface area (Å²) in [6.45, 7) is 2.13. The van der Waals surface area contributed by atoms with E-state index >= 15 is 0 Å². The fourth-order valence-corrected chi connectivity index (χ4v) is 3.65. The zero-order valence-corrected chi connectivity index (χ0v) is 15.0. The lowest BCUT2D eigenvalue weighted by molar-refractivity contribution is 0.411. The minimum atomic E-state index is -3.51. The van der Waals surface area contributed by atoms with Gasteiger partial charge in [0.1, 0.15) is 5.75 Å². The summed E-state index contributed by atoms with van der Waals surface area (Å²) in [4.78, 5) is 12.0. The quantitative estimate of drug-likeness (QED) is 0.808. The number of nitrogens with zero attached hydrogens (tertiary/aromatic N) is 1. The van der Waals surface area contributed by atoms with Gasteiger partial charge in [0, 0.05) is 29.9 Å². The van der Waals surface area contributed by atoms with E-state index in [1.807, 2.05) is 0 Å². The predicted octanol–water partition coefficient (Wildman–Crippen LogP) is 1.94. The smallest absolute Gasteiger partial charge is 0.254 e. The monoisotopic (exact) mass is 370 g/mol. The second-order valence-electron chi connectivity index (χ2n) is 5.31. The number of pyridine rings is 1. The first-order chi connectivity index (χ1) is 11.3. The first-order valence-electron chi connectivity index (χ1n) is 7.28. The number of hydrogen-bond acceptors (Lipinski definition) is 4. The van der Waals surface area contributed by atoms with Crippen LogP contribution in [0.5, 0.6) is 5.75 Å². The summed E-state index contributed by atoms with van der Waals surface area (Å²) in [5.74, 6) is 0.319. The highest BCUT2D eigenvalue weighted by atomic mass is 35.5. The van der Waals surface area contributed by atoms with Gasteiger partial charge in [0.25, 0.3) is 5.56 Å². The first kappa shape index (κ1) is 18.5. The van der Waals surface area contributed by atoms with Crippen molar-refractivity contribution in [3.8, 4) is 5.75 Å². The van der Waals surface area contributed by atoms with Crippen LogP contribution in [0.1, 0.15) is 11.3 Å². The highest BCUT2D eigenvalue weighted by molar-refractivity contribution is 7.88. The average Bonchev–Trinajstić information content (AvgIpc) is 2.49. The molecule has 1 N–H and O–H groups in total. The number of benzene rings is 1. The molecular formula is C16H19ClN2O4S. The Morgan fingerprint density at radius 2 is 2.00 bits per heavy atom. The maximum atomic E-state index is 12.1. The Kier molecular flexibility index (Phi) is 6.04. The van der Waals surface area contributed by atoms with Crippen LogP contribution in [0.3, 0.4) is 0 Å². The van der Waals surface area contributed by atoms with Crippen LogP contribution >= 0.6 is 11.6 Å². The molecule has 1 aromatic heterocycles. The lowest BCUT2D eigenvalue weighted by Crippen LogP contribution is -2.32. The zero-order valence-electron chi connectivity index (χ0n) is 13.5. The van der Waals surface area contributed by atoms with Crippen LogP contribution in [-0.2, 0) is 22.3 Å². The van der Waals surface area contributed by atoms with Gasteiger partial charge < -0.3 is 9.30 Å². The van der Waals surface area contributed by atoms with Crippen molar-refractivity contribution < 1.29 is 13.2 Å². The molecule has 0 aliphatic carbocycles. The third kappa shape index (κ3) is 5.09. The summed E-state index contributed by atoms with van der Waals surface area (Å²) in [5.41, 5.74) is 1.07. The van der Waals surface area contributed by atoms with Gasteiger partial charge in [0.05, 0.1) is 12.9 Å². The molecule has 0 spiro atoms. The Balaban J connectivity index is 2.00. The SMILES string of the molecule is COc1cc(C)n(CCNS(=O)(=O)Cc2cccc(Cl)c2)c(=O)c1. The molecule has 0 radical (unpaired) electrons. The summed E-state index contributed by atoms with van der Waals surface area (Å²) in [6, 6.07) is 9.79. The van der Waals surface area contributed by atoms with Crippen molar-refractivity contribution in [1.82, 2.24) is 9.29 Å². The van der Waals surface area contributed by atoms with E-state index in [9.17, 15) is 13.2 Å². The molecule has 0 aliphatic heterocycles. The number of ether oxygens (including phenoxy) is 1. The van der Waals surface area contributed by atoms with E-state index in [0.717, 1.165) is 0 Å². The van der Waals surface area contributed by atoms with Crippen LogP contribution in [0, 0.1) is 6.92 Å². The molecule has 6 nitrogen and oxygen atoms in total. The number of halogens is 1. The number of methoxy groups -OCH3 is 1. The molecule has 130 valence electrons. The van der Waals surface area contributed by atoms with Gasteiger partial charge in [0.2, 0.25) is 10.0 Å². The van der Waals surface area contributed by atoms with E-state index in [-0.39, 0.29) is 24.4 Å². The Morgan fingerprint density at radius 1 is 1.25 bits per heavy atom. The topological polar surface area (TPSA) is 77.4 Å². The van der Waals surface area contributed by atoms with Gasteiger partial charge >= 0.3 is 0 Å². The predicted molar refractivity (Wildman–Crippen MR) is 94.1 cm³/mol. The summed E-state index contributed by atoms with van der Waals surface area (Å²) < 4.78 is 33.2. The van der Waals surface area contributed by atoms with Gasteiger partial charge in [-0.05, 0) is 30.7 Å². The lowest BCUT2D eigenvalue weighted by atomic mass is 10.2. The van der Waals surface area contributed by atoms with Crippen LogP contribution in [-0.4, -0.2) is 26.6 Å². The van der Waals surface area contributed by atoms with Crippen molar-refractivity contribution in [3.05, 3.63) is 63.0 Å². The molecule has 1 aromatic carbocycles. The molecule has 2 rings (SSSR count). The molecule has 0 bridgehead atoms. The van der Waals surface area contributed by atoms with E-state index in [1.54, 1.807) is 37.3 Å². The lowest BCUT2D eigenvalue weighted by Gasteiger charge is -2.12. The molecule has 0 aliphatic rings. The number of sulfonamides is 1. The van der Waals surface area contributed by atoms with Crippen LogP contribution in [0.2, 0.25) is 5.02 Å². The third-order valence-electron chi connectivity index (χ3n) is 3.45. The van der Waals surface area contributed by atoms with Gasteiger partial charge in [-0.3, -0.25) is 4.79 Å². The molecule has 0 unspecified atom stereocenters. The number of rotatable bonds is 7. The zero-order chi connectivity index (χ0) is 17.7. The molecule has 8 heteroatoms. The molecule has 24 heavy (non-hydrogen) atoms. The second-order valence-corrected chi connectivity index (χ2v) is 7.55. The summed E-state index contributed by atoms with van der Waals surface area (Å²) in [5, 5.41) is 0.489. The highest BCUT2D eigenvalue weighted by Gasteiger charge is 2.12. The first-order valence-corrected chi connectivity index (χ1v) is 9.31. The van der Waals surface area contributed by atoms with Gasteiger partial charge in [-0.25, -0.2) is 13.1 Å². The Bertz CT molecular complexity index is 878. The molecule has 0 amide bonds. The van der Waals surface area contributed by atoms with Crippen LogP contribution in [0.25, 0.3) is 0 Å². The largest absolute Gasteiger partial charge is 0.496 e. The fraction of sp³-hybridized carbons (Fsp3) is 0.312. The van der Waals surface area contributed by atoms with Crippen LogP contribution in [0.4, 0.5) is 0 Å². The molecule has 2 aromatic rings. The summed E-state index contributed by atoms with van der Waals surface area (Å²) in [7, 11) is -2.02. The normalized spacial score (nSPS) is 11.5. The highest BCUT2D eigenvalue weighted by Crippen LogP contribution is 2.13. The van der Waals surface area contributed by atoms with E-state index in [4.69, 9.17) is 16.3 Å². The van der Waals surface area contributed by atoms with E-state index in [1.165, 1.54) is 17.7 Å². The Hall–Kier alpha value is -1.83. The Morgan fingerprint density at radius 3 is 2.62 bits per heavy atom. The fourth-order valence-electron chi connectivity index (χ4n) is 2.31. The molecule has 0 saturated heterocycles. The van der Waals surface area contributed by atoms with Gasteiger partial charge in [-0.2, -0.15) is 0 Å². The minimum Gasteiger partial charge on any atom is -0.496 e. The molecule has 0 fully saturated rings. The average molecular weight is 371 g/mol. The van der Waals surface area contributed by atoms with Crippen LogP contribution in [0.15, 0.2) is 41.2 Å². The second kappa shape index (κ2) is 7.83. The van der Waals surface area contributed by atoms with Gasteiger partial charge in [0.15, 0.2) is 0 Å². The standard InChI is InChI=1S/C16H19ClN2O4S/c1-12-8-15(23-2)10-16(20)19(12)7-6-18-24(21,22)11-13-4-3-5-14(17)9-13/h3-5,8-10,18H,6-7,11H2,1-2H3. The number of hydrogen-bond donors (Lipinski definition) is 1. The molecular weight excluding hydrogens is 352 g/mol. The van der Waals surface area contributed by atoms with E-state index < -0.39 is 10.0 Å². The van der Waals surface area contributed by atoms with Gasteiger partial charge in [-0.15, -0.1) is 0 Å². The number of nitrogens with one attached hydrogen (secondary N) is 1. The maximum Gasteiger partial charge on any atom is 0.254 e. The number of aryl methyl sites for hydroxylation is 1. The van der Waals surface area contributed by atoms with Crippen molar-refractivity contribution in [1.29, 1.82) is 0 Å². The van der Waals surface area contributed by atoms with Crippen LogP contribution < -0.4 is 15.0 Å². The Labute approximate surface area is 146 Å². The maximum absolute atomic E-state index is 12.1. The summed E-state index contributed by atoms with van der Waals surface area (Å²) >= 11 is 5.85. The molecule has 0 saturated carbocycles. The third-order valence-corrected chi connectivity index (χ3v) is 5.04. The van der Waals surface area contributed by atoms with Crippen molar-refractivity contribution in [2.45, 2.75) is 19.2 Å².